The van der Waals surface area contributed by atoms with Crippen LogP contribution in [0.25, 0.3) is 0 Å². The van der Waals surface area contributed by atoms with E-state index < -0.39 is 29.7 Å². The molecular formula is C11H12F6N2O. The first kappa shape index (κ1) is 16.6. The molecule has 1 N–H and O–H groups in total. The third-order valence-electron chi connectivity index (χ3n) is 3.20. The van der Waals surface area contributed by atoms with Crippen molar-refractivity contribution in [3.8, 4) is 6.07 Å². The highest BCUT2D eigenvalue weighted by Gasteiger charge is 2.61. The minimum absolute atomic E-state index is 0.0532. The summed E-state index contributed by atoms with van der Waals surface area (Å²) in [4.78, 5) is 11.4. The molecule has 1 rings (SSSR count). The highest BCUT2D eigenvalue weighted by atomic mass is 19.4. The minimum atomic E-state index is -5.74. The lowest BCUT2D eigenvalue weighted by atomic mass is 9.82. The van der Waals surface area contributed by atoms with Gasteiger partial charge in [0.05, 0.1) is 6.07 Å². The fourth-order valence-corrected chi connectivity index (χ4v) is 2.21. The lowest BCUT2D eigenvalue weighted by Crippen LogP contribution is -2.56. The van der Waals surface area contributed by atoms with Gasteiger partial charge in [0, 0.05) is 0 Å². The summed E-state index contributed by atoms with van der Waals surface area (Å²) in [6.07, 6.45) is -9.72. The summed E-state index contributed by atoms with van der Waals surface area (Å²) >= 11 is 0. The van der Waals surface area contributed by atoms with Crippen LogP contribution in [0, 0.1) is 17.2 Å². The molecule has 3 nitrogen and oxygen atoms in total. The van der Waals surface area contributed by atoms with Crippen LogP contribution < -0.4 is 5.32 Å². The van der Waals surface area contributed by atoms with Crippen molar-refractivity contribution >= 4 is 5.91 Å². The number of rotatable bonds is 2. The Morgan fingerprint density at radius 3 is 1.85 bits per heavy atom. The van der Waals surface area contributed by atoms with Crippen molar-refractivity contribution in [3.63, 3.8) is 0 Å². The number of hydrogen-bond donors (Lipinski definition) is 1. The second-order valence-corrected chi connectivity index (χ2v) is 4.76. The molecule has 0 aliphatic heterocycles. The Hall–Kier alpha value is -1.46. The average Bonchev–Trinajstić information content (AvgIpc) is 2.25. The highest BCUT2D eigenvalue weighted by Crippen LogP contribution is 2.40. The number of amides is 1. The lowest BCUT2D eigenvalue weighted by molar-refractivity contribution is -0.274. The molecule has 0 heterocycles. The molecule has 0 radical (unpaired) electrons. The predicted octanol–water partition coefficient (Wildman–Crippen LogP) is 3.07. The number of alkyl halides is 6. The van der Waals surface area contributed by atoms with E-state index in [1.165, 1.54) is 0 Å². The number of nitrogens with zero attached hydrogens (tertiary/aromatic N) is 1. The van der Waals surface area contributed by atoms with Crippen LogP contribution in [0.2, 0.25) is 0 Å². The second-order valence-electron chi connectivity index (χ2n) is 4.76. The van der Waals surface area contributed by atoms with Crippen LogP contribution in [0.15, 0.2) is 0 Å². The van der Waals surface area contributed by atoms with Gasteiger partial charge in [-0.2, -0.15) is 31.6 Å². The van der Waals surface area contributed by atoms with Gasteiger partial charge in [-0.25, -0.2) is 0 Å². The first-order valence-electron chi connectivity index (χ1n) is 5.88. The van der Waals surface area contributed by atoms with Crippen molar-refractivity contribution in [2.45, 2.75) is 50.0 Å². The van der Waals surface area contributed by atoms with Gasteiger partial charge in [0.25, 0.3) is 0 Å². The fourth-order valence-electron chi connectivity index (χ4n) is 2.21. The summed E-state index contributed by atoms with van der Waals surface area (Å²) in [5.74, 6) is -6.32. The third-order valence-corrected chi connectivity index (χ3v) is 3.20. The molecule has 0 bridgehead atoms. The normalized spacial score (nSPS) is 19.5. The SMILES string of the molecule is N#CC1(NC(=O)C(C(F)(F)F)C(F)(F)F)CCCCC1. The van der Waals surface area contributed by atoms with E-state index in [0.29, 0.717) is 12.8 Å². The maximum atomic E-state index is 12.4. The topological polar surface area (TPSA) is 52.9 Å². The molecule has 0 aromatic rings. The summed E-state index contributed by atoms with van der Waals surface area (Å²) in [7, 11) is 0. The smallest absolute Gasteiger partial charge is 0.337 e. The molecule has 1 aliphatic carbocycles. The Kier molecular flexibility index (Phi) is 4.56. The van der Waals surface area contributed by atoms with Crippen LogP contribution in [0.3, 0.4) is 0 Å². The molecule has 0 aromatic heterocycles. The van der Waals surface area contributed by atoms with Gasteiger partial charge in [0.1, 0.15) is 5.54 Å². The quantitative estimate of drug-likeness (QED) is 0.797. The zero-order chi connectivity index (χ0) is 15.6. The van der Waals surface area contributed by atoms with Crippen LogP contribution in [-0.2, 0) is 4.79 Å². The van der Waals surface area contributed by atoms with Gasteiger partial charge in [0.15, 0.2) is 0 Å². The van der Waals surface area contributed by atoms with Crippen LogP contribution in [0.4, 0.5) is 26.3 Å². The van der Waals surface area contributed by atoms with Gasteiger partial charge in [0.2, 0.25) is 11.8 Å². The standard InChI is InChI=1S/C11H12F6N2O/c12-10(13,14)7(11(15,16)17)8(20)19-9(6-18)4-2-1-3-5-9/h7H,1-5H2,(H,19,20). The summed E-state index contributed by atoms with van der Waals surface area (Å²) in [6.45, 7) is 0. The molecule has 1 fully saturated rings. The number of carbonyl (C=O) groups is 1. The molecule has 0 aromatic carbocycles. The van der Waals surface area contributed by atoms with Gasteiger partial charge < -0.3 is 5.32 Å². The minimum Gasteiger partial charge on any atom is -0.337 e. The van der Waals surface area contributed by atoms with Crippen molar-refractivity contribution in [2.24, 2.45) is 5.92 Å². The van der Waals surface area contributed by atoms with E-state index in [0.717, 1.165) is 6.42 Å². The zero-order valence-corrected chi connectivity index (χ0v) is 10.2. The molecule has 1 amide bonds. The summed E-state index contributed by atoms with van der Waals surface area (Å²) < 4.78 is 74.3. The van der Waals surface area contributed by atoms with E-state index in [2.05, 4.69) is 0 Å². The Morgan fingerprint density at radius 2 is 1.50 bits per heavy atom. The average molecular weight is 302 g/mol. The van der Waals surface area contributed by atoms with E-state index in [1.54, 1.807) is 11.4 Å². The maximum Gasteiger partial charge on any atom is 0.409 e. The molecule has 20 heavy (non-hydrogen) atoms. The van der Waals surface area contributed by atoms with E-state index in [9.17, 15) is 31.1 Å². The maximum absolute atomic E-state index is 12.4. The van der Waals surface area contributed by atoms with Gasteiger partial charge >= 0.3 is 12.4 Å². The number of carbonyl (C=O) groups excluding carboxylic acids is 1. The molecule has 114 valence electrons. The van der Waals surface area contributed by atoms with Crippen molar-refractivity contribution in [1.29, 1.82) is 5.26 Å². The molecule has 0 saturated heterocycles. The lowest BCUT2D eigenvalue weighted by Gasteiger charge is -2.33. The van der Waals surface area contributed by atoms with Crippen LogP contribution in [0.5, 0.6) is 0 Å². The van der Waals surface area contributed by atoms with Gasteiger partial charge in [-0.05, 0) is 12.8 Å². The molecule has 0 unspecified atom stereocenters. The molecule has 0 spiro atoms. The summed E-state index contributed by atoms with van der Waals surface area (Å²) in [6, 6.07) is 1.64. The Balaban J connectivity index is 2.94. The number of halogens is 6. The van der Waals surface area contributed by atoms with Crippen LogP contribution in [0.1, 0.15) is 32.1 Å². The third kappa shape index (κ3) is 3.77. The molecule has 9 heteroatoms. The number of nitriles is 1. The van der Waals surface area contributed by atoms with E-state index in [-0.39, 0.29) is 12.8 Å². The Labute approximate surface area is 110 Å². The van der Waals surface area contributed by atoms with Gasteiger partial charge in [-0.1, -0.05) is 19.3 Å². The van der Waals surface area contributed by atoms with Crippen molar-refractivity contribution in [2.75, 3.05) is 0 Å². The molecular weight excluding hydrogens is 290 g/mol. The van der Waals surface area contributed by atoms with Crippen molar-refractivity contribution in [1.82, 2.24) is 5.32 Å². The zero-order valence-electron chi connectivity index (χ0n) is 10.2. The molecule has 1 aliphatic rings. The van der Waals surface area contributed by atoms with E-state index in [4.69, 9.17) is 5.26 Å². The fraction of sp³-hybridized carbons (Fsp3) is 0.818. The molecule has 0 atom stereocenters. The Bertz CT molecular complexity index is 389. The summed E-state index contributed by atoms with van der Waals surface area (Å²) in [5, 5.41) is 10.6. The first-order valence-corrected chi connectivity index (χ1v) is 5.88. The summed E-state index contributed by atoms with van der Waals surface area (Å²) in [5.41, 5.74) is -1.63. The van der Waals surface area contributed by atoms with Gasteiger partial charge in [-0.3, -0.25) is 4.79 Å². The van der Waals surface area contributed by atoms with Crippen LogP contribution in [-0.4, -0.2) is 23.8 Å². The van der Waals surface area contributed by atoms with E-state index in [1.807, 2.05) is 0 Å². The predicted molar refractivity (Wildman–Crippen MR) is 55.2 cm³/mol. The monoisotopic (exact) mass is 302 g/mol. The Morgan fingerprint density at radius 1 is 1.05 bits per heavy atom. The molecule has 1 saturated carbocycles. The van der Waals surface area contributed by atoms with Crippen molar-refractivity contribution < 1.29 is 31.1 Å². The first-order chi connectivity index (χ1) is 9.02. The van der Waals surface area contributed by atoms with Gasteiger partial charge in [-0.15, -0.1) is 0 Å². The number of nitrogens with one attached hydrogen (secondary N) is 1. The number of hydrogen-bond acceptors (Lipinski definition) is 2. The van der Waals surface area contributed by atoms with Crippen molar-refractivity contribution in [3.05, 3.63) is 0 Å². The van der Waals surface area contributed by atoms with Crippen LogP contribution >= 0.6 is 0 Å². The van der Waals surface area contributed by atoms with E-state index >= 15 is 0 Å². The second kappa shape index (κ2) is 5.50. The largest absolute Gasteiger partial charge is 0.409 e. The highest BCUT2D eigenvalue weighted by molar-refractivity contribution is 5.81.